The zero-order valence-electron chi connectivity index (χ0n) is 15.5. The summed E-state index contributed by atoms with van der Waals surface area (Å²) in [6.45, 7) is -0.116. The fraction of sp³-hybridized carbons (Fsp3) is 0.176. The van der Waals surface area contributed by atoms with Crippen LogP contribution in [-0.2, 0) is 13.1 Å². The summed E-state index contributed by atoms with van der Waals surface area (Å²) in [6, 6.07) is 0. The summed E-state index contributed by atoms with van der Waals surface area (Å²) in [5.41, 5.74) is 6.88. The van der Waals surface area contributed by atoms with Gasteiger partial charge in [-0.15, -0.1) is 0 Å². The summed E-state index contributed by atoms with van der Waals surface area (Å²) in [6.07, 6.45) is 2.22. The number of carbonyl (C=O) groups is 2. The lowest BCUT2D eigenvalue weighted by molar-refractivity contribution is 0.0772. The van der Waals surface area contributed by atoms with Crippen LogP contribution >= 0.6 is 67.8 Å². The number of nitrogens with zero attached hydrogens (tertiary/aromatic N) is 1. The number of benzene rings is 1. The van der Waals surface area contributed by atoms with Gasteiger partial charge in [0.05, 0.1) is 37.0 Å². The Morgan fingerprint density at radius 1 is 0.968 bits per heavy atom. The van der Waals surface area contributed by atoms with Gasteiger partial charge in [0.25, 0.3) is 11.8 Å². The van der Waals surface area contributed by atoms with E-state index >= 15 is 0 Å². The number of nitrogens with two attached hydrogens (primary N) is 1. The first-order valence-corrected chi connectivity index (χ1v) is 11.5. The van der Waals surface area contributed by atoms with Gasteiger partial charge in [-0.1, -0.05) is 0 Å². The number of halogens is 3. The van der Waals surface area contributed by atoms with Gasteiger partial charge in [-0.25, -0.2) is 9.59 Å². The normalized spacial score (nSPS) is 10.8. The summed E-state index contributed by atoms with van der Waals surface area (Å²) in [7, 11) is 1.51. The molecule has 0 spiro atoms. The van der Waals surface area contributed by atoms with E-state index in [-0.39, 0.29) is 41.4 Å². The number of hydrogen-bond acceptors (Lipinski definition) is 9. The third-order valence-corrected chi connectivity index (χ3v) is 7.28. The molecular formula is C17H12I3N3O8. The van der Waals surface area contributed by atoms with E-state index < -0.39 is 23.5 Å². The molecule has 0 aliphatic rings. The lowest BCUT2D eigenvalue weighted by Crippen LogP contribution is -2.31. The first-order valence-electron chi connectivity index (χ1n) is 8.24. The molecule has 0 radical (unpaired) electrons. The highest BCUT2D eigenvalue weighted by molar-refractivity contribution is 14.1. The summed E-state index contributed by atoms with van der Waals surface area (Å²) in [4.78, 5) is 49.3. The summed E-state index contributed by atoms with van der Waals surface area (Å²) >= 11 is 5.79. The molecule has 14 heteroatoms. The van der Waals surface area contributed by atoms with Gasteiger partial charge in [-0.3, -0.25) is 9.59 Å². The first-order chi connectivity index (χ1) is 14.6. The number of hydrogen-bond donors (Lipinski definition) is 2. The van der Waals surface area contributed by atoms with Crippen LogP contribution in [0.3, 0.4) is 0 Å². The minimum absolute atomic E-state index is 0.0241. The Kier molecular flexibility index (Phi) is 7.50. The van der Waals surface area contributed by atoms with Gasteiger partial charge >= 0.3 is 11.6 Å². The highest BCUT2D eigenvalue weighted by atomic mass is 127. The predicted octanol–water partition coefficient (Wildman–Crippen LogP) is 2.38. The van der Waals surface area contributed by atoms with Crippen molar-refractivity contribution in [2.45, 2.75) is 13.1 Å². The number of anilines is 1. The van der Waals surface area contributed by atoms with E-state index in [1.807, 2.05) is 67.8 Å². The Morgan fingerprint density at radius 3 is 2.06 bits per heavy atom. The van der Waals surface area contributed by atoms with Gasteiger partial charge in [0.1, 0.15) is 12.5 Å². The molecule has 2 amide bonds. The second-order valence-corrected chi connectivity index (χ2v) is 9.29. The van der Waals surface area contributed by atoms with Gasteiger partial charge in [0, 0.05) is 10.6 Å². The van der Waals surface area contributed by atoms with Crippen LogP contribution in [0.5, 0.6) is 0 Å². The maximum atomic E-state index is 13.1. The molecule has 164 valence electrons. The lowest BCUT2D eigenvalue weighted by Gasteiger charge is -2.21. The average Bonchev–Trinajstić information content (AvgIpc) is 3.32. The standard InChI is InChI=1S/C17H12I3N3O8/c1-23(3-7-5-29-17(27)31-7)15(25)9-10(18)8(11(19)13(21)12(9)20)14(24)22-2-6-4-28-16(26)30-6/h4-5H,2-3,21H2,1H3,(H,22,24). The predicted molar refractivity (Wildman–Crippen MR) is 130 cm³/mol. The lowest BCUT2D eigenvalue weighted by atomic mass is 10.1. The molecule has 0 saturated heterocycles. The van der Waals surface area contributed by atoms with Crippen molar-refractivity contribution >= 4 is 85.3 Å². The molecule has 0 unspecified atom stereocenters. The second kappa shape index (κ2) is 9.76. The molecular weight excluding hydrogens is 755 g/mol. The molecule has 3 aromatic rings. The van der Waals surface area contributed by atoms with E-state index in [0.717, 1.165) is 12.5 Å². The van der Waals surface area contributed by atoms with Crippen molar-refractivity contribution in [1.82, 2.24) is 10.2 Å². The summed E-state index contributed by atoms with van der Waals surface area (Å²) in [5, 5.41) is 2.61. The maximum Gasteiger partial charge on any atom is 0.518 e. The topological polar surface area (TPSA) is 162 Å². The molecule has 0 atom stereocenters. The van der Waals surface area contributed by atoms with Crippen molar-refractivity contribution in [1.29, 1.82) is 0 Å². The van der Waals surface area contributed by atoms with E-state index in [0.29, 0.717) is 10.7 Å². The fourth-order valence-electron chi connectivity index (χ4n) is 2.51. The van der Waals surface area contributed by atoms with Crippen molar-refractivity contribution in [2.24, 2.45) is 0 Å². The Labute approximate surface area is 214 Å². The molecule has 11 nitrogen and oxygen atoms in total. The van der Waals surface area contributed by atoms with Crippen LogP contribution in [0, 0.1) is 10.7 Å². The summed E-state index contributed by atoms with van der Waals surface area (Å²) < 4.78 is 20.0. The quantitative estimate of drug-likeness (QED) is 0.284. The Balaban J connectivity index is 1.92. The second-order valence-electron chi connectivity index (χ2n) is 6.06. The van der Waals surface area contributed by atoms with Crippen LogP contribution in [0.25, 0.3) is 0 Å². The average molecular weight is 767 g/mol. The van der Waals surface area contributed by atoms with Crippen LogP contribution in [0.15, 0.2) is 39.8 Å². The Morgan fingerprint density at radius 2 is 1.52 bits per heavy atom. The summed E-state index contributed by atoms with van der Waals surface area (Å²) in [5.74, 6) is -2.39. The highest BCUT2D eigenvalue weighted by Gasteiger charge is 2.28. The molecule has 31 heavy (non-hydrogen) atoms. The van der Waals surface area contributed by atoms with Gasteiger partial charge < -0.3 is 33.6 Å². The van der Waals surface area contributed by atoms with Gasteiger partial charge in [-0.2, -0.15) is 0 Å². The van der Waals surface area contributed by atoms with Crippen molar-refractivity contribution in [3.8, 4) is 0 Å². The third kappa shape index (κ3) is 5.16. The molecule has 0 bridgehead atoms. The van der Waals surface area contributed by atoms with Crippen molar-refractivity contribution in [2.75, 3.05) is 12.8 Å². The van der Waals surface area contributed by atoms with Crippen LogP contribution in [0.1, 0.15) is 32.2 Å². The SMILES string of the molecule is CN(Cc1coc(=O)o1)C(=O)c1c(I)c(N)c(I)c(C(=O)NCc2coc(=O)o2)c1I. The number of nitrogen functional groups attached to an aromatic ring is 1. The number of rotatable bonds is 6. The molecule has 0 aliphatic carbocycles. The molecule has 1 aromatic carbocycles. The van der Waals surface area contributed by atoms with Crippen LogP contribution in [-0.4, -0.2) is 23.8 Å². The van der Waals surface area contributed by atoms with E-state index in [1.165, 1.54) is 11.9 Å². The molecule has 2 aromatic heterocycles. The molecule has 3 rings (SSSR count). The van der Waals surface area contributed by atoms with Crippen LogP contribution < -0.4 is 22.7 Å². The van der Waals surface area contributed by atoms with Crippen LogP contribution in [0.2, 0.25) is 0 Å². The third-order valence-electron chi connectivity index (χ3n) is 3.96. The highest BCUT2D eigenvalue weighted by Crippen LogP contribution is 2.34. The zero-order valence-corrected chi connectivity index (χ0v) is 22.0. The van der Waals surface area contributed by atoms with E-state index in [2.05, 4.69) is 14.2 Å². The zero-order chi connectivity index (χ0) is 22.9. The van der Waals surface area contributed by atoms with E-state index in [4.69, 9.17) is 14.6 Å². The largest absolute Gasteiger partial charge is 0.518 e. The first kappa shape index (κ1) is 23.8. The van der Waals surface area contributed by atoms with Gasteiger partial charge in [0.15, 0.2) is 11.5 Å². The number of carbonyl (C=O) groups excluding carboxylic acids is 2. The van der Waals surface area contributed by atoms with Crippen molar-refractivity contribution < 1.29 is 27.3 Å². The van der Waals surface area contributed by atoms with E-state index in [9.17, 15) is 19.2 Å². The Bertz CT molecular complexity index is 1270. The van der Waals surface area contributed by atoms with Crippen molar-refractivity contribution in [3.63, 3.8) is 0 Å². The molecule has 2 heterocycles. The fourth-order valence-corrected chi connectivity index (χ4v) is 6.63. The molecule has 0 aliphatic heterocycles. The maximum absolute atomic E-state index is 13.1. The molecule has 0 saturated carbocycles. The minimum atomic E-state index is -0.878. The van der Waals surface area contributed by atoms with Gasteiger partial charge in [-0.05, 0) is 67.8 Å². The van der Waals surface area contributed by atoms with Crippen molar-refractivity contribution in [3.05, 3.63) is 67.1 Å². The minimum Gasteiger partial charge on any atom is -0.399 e. The molecule has 0 fully saturated rings. The van der Waals surface area contributed by atoms with E-state index in [1.54, 1.807) is 0 Å². The monoisotopic (exact) mass is 767 g/mol. The Hall–Kier alpha value is -1.83. The van der Waals surface area contributed by atoms with Gasteiger partial charge in [0.2, 0.25) is 0 Å². The number of amides is 2. The smallest absolute Gasteiger partial charge is 0.399 e. The number of nitrogens with one attached hydrogen (secondary N) is 1. The molecule has 3 N–H and O–H groups in total. The van der Waals surface area contributed by atoms with Crippen LogP contribution in [0.4, 0.5) is 5.69 Å².